The molecule has 0 aliphatic carbocycles. The minimum Gasteiger partial charge on any atom is -0.477 e. The van der Waals surface area contributed by atoms with Crippen molar-refractivity contribution in [3.8, 4) is 0 Å². The van der Waals surface area contributed by atoms with Gasteiger partial charge in [-0.25, -0.2) is 14.8 Å². The number of thioether (sulfide) groups is 2. The van der Waals surface area contributed by atoms with E-state index in [9.17, 15) is 19.5 Å². The van der Waals surface area contributed by atoms with Crippen molar-refractivity contribution in [1.29, 1.82) is 0 Å². The molecule has 0 bridgehead atoms. The number of thiazole rings is 2. The smallest absolute Gasteiger partial charge is 0.353 e. The van der Waals surface area contributed by atoms with Gasteiger partial charge in [-0.15, -0.1) is 34.4 Å². The molecule has 35 heavy (non-hydrogen) atoms. The quantitative estimate of drug-likeness (QED) is 0.227. The molecule has 2 aliphatic rings. The van der Waals surface area contributed by atoms with Crippen molar-refractivity contribution in [2.45, 2.75) is 15.8 Å². The lowest BCUT2D eigenvalue weighted by Crippen LogP contribution is -2.71. The van der Waals surface area contributed by atoms with Gasteiger partial charge in [-0.2, -0.15) is 0 Å². The third-order valence-corrected chi connectivity index (χ3v) is 9.39. The first kappa shape index (κ1) is 23.6. The van der Waals surface area contributed by atoms with E-state index in [0.717, 1.165) is 21.6 Å². The van der Waals surface area contributed by atoms with Crippen LogP contribution in [0.1, 0.15) is 5.69 Å². The predicted octanol–water partition coefficient (Wildman–Crippen LogP) is 2.17. The summed E-state index contributed by atoms with van der Waals surface area (Å²) in [4.78, 5) is 53.0. The third-order valence-electron chi connectivity index (χ3n) is 5.07. The number of nitrogens with two attached hydrogens (primary N) is 1. The monoisotopic (exact) mass is 548 g/mol. The number of amides is 2. The van der Waals surface area contributed by atoms with Gasteiger partial charge >= 0.3 is 5.97 Å². The van der Waals surface area contributed by atoms with Crippen molar-refractivity contribution < 1.29 is 24.3 Å². The highest BCUT2D eigenvalue weighted by Crippen LogP contribution is 2.46. The number of hydrogen-bond acceptors (Lipinski definition) is 12. The van der Waals surface area contributed by atoms with E-state index in [1.54, 1.807) is 5.38 Å². The number of para-hydroxylation sites is 1. The minimum absolute atomic E-state index is 0.0911. The van der Waals surface area contributed by atoms with Gasteiger partial charge in [0.05, 0.1) is 10.2 Å². The van der Waals surface area contributed by atoms with Crippen molar-refractivity contribution in [2.24, 2.45) is 5.16 Å². The van der Waals surface area contributed by atoms with Gasteiger partial charge < -0.3 is 21.0 Å². The number of carboxylic acid groups (broad SMARTS) is 1. The van der Waals surface area contributed by atoms with Crippen LogP contribution in [0.25, 0.3) is 10.2 Å². The summed E-state index contributed by atoms with van der Waals surface area (Å²) in [6.45, 7) is 0. The molecule has 2 aliphatic heterocycles. The summed E-state index contributed by atoms with van der Waals surface area (Å²) in [5.74, 6) is -2.06. The van der Waals surface area contributed by atoms with Gasteiger partial charge in [0.1, 0.15) is 29.9 Å². The molecule has 15 heteroatoms. The highest BCUT2D eigenvalue weighted by Gasteiger charge is 2.54. The molecule has 2 atom stereocenters. The average molecular weight is 549 g/mol. The molecule has 2 amide bonds. The van der Waals surface area contributed by atoms with Crippen LogP contribution in [0.5, 0.6) is 0 Å². The fraction of sp³-hybridized carbons (Fsp3) is 0.200. The minimum atomic E-state index is -1.21. The van der Waals surface area contributed by atoms with Crippen molar-refractivity contribution in [2.75, 3.05) is 18.6 Å². The Bertz CT molecular complexity index is 1380. The average Bonchev–Trinajstić information content (AvgIpc) is 3.45. The normalized spacial score (nSPS) is 20.0. The molecule has 11 nitrogen and oxygen atoms in total. The Morgan fingerprint density at radius 2 is 2.14 bits per heavy atom. The van der Waals surface area contributed by atoms with Gasteiger partial charge in [-0.3, -0.25) is 14.5 Å². The maximum atomic E-state index is 13.0. The number of nitrogens with zero attached hydrogens (tertiary/aromatic N) is 4. The second-order valence-electron chi connectivity index (χ2n) is 7.18. The zero-order valence-electron chi connectivity index (χ0n) is 17.8. The Balaban J connectivity index is 1.36. The van der Waals surface area contributed by atoms with Crippen LogP contribution < -0.4 is 11.1 Å². The number of aromatic nitrogens is 2. The molecule has 4 heterocycles. The topological polar surface area (TPSA) is 160 Å². The number of oxime groups is 1. The van der Waals surface area contributed by atoms with Gasteiger partial charge in [0.25, 0.3) is 11.8 Å². The first-order chi connectivity index (χ1) is 16.9. The molecule has 1 unspecified atom stereocenters. The Morgan fingerprint density at radius 1 is 1.34 bits per heavy atom. The molecule has 1 aromatic carbocycles. The Hall–Kier alpha value is -3.14. The van der Waals surface area contributed by atoms with Crippen LogP contribution in [0.4, 0.5) is 5.13 Å². The number of hydrogen-bond donors (Lipinski definition) is 3. The van der Waals surface area contributed by atoms with E-state index in [0.29, 0.717) is 15.0 Å². The van der Waals surface area contributed by atoms with Gasteiger partial charge in [0.15, 0.2) is 15.2 Å². The van der Waals surface area contributed by atoms with Crippen molar-refractivity contribution in [1.82, 2.24) is 20.2 Å². The largest absolute Gasteiger partial charge is 0.477 e. The van der Waals surface area contributed by atoms with Gasteiger partial charge in [0.2, 0.25) is 0 Å². The summed E-state index contributed by atoms with van der Waals surface area (Å²) in [6, 6.07) is 6.72. The van der Waals surface area contributed by atoms with Crippen LogP contribution in [0.15, 0.2) is 49.7 Å². The predicted molar refractivity (Wildman–Crippen MR) is 135 cm³/mol. The van der Waals surface area contributed by atoms with Crippen molar-refractivity contribution in [3.63, 3.8) is 0 Å². The molecule has 2 aromatic heterocycles. The molecule has 3 aromatic rings. The standard InChI is InChI=1S/C20H16N6O5S4/c1-31-25-12(9-6-33-19(21)22-9)15(27)24-13-16(28)26-14(18(29)30)11(7-32-17(13)26)35-20-23-8-4-2-3-5-10(8)34-20/h2-6,13,17H,7H2,1H3,(H2,21,22)(H,24,27)(H,29,30)/b25-12-/t13?,17-/m0/s1. The van der Waals surface area contributed by atoms with Crippen molar-refractivity contribution in [3.05, 3.63) is 45.9 Å². The molecule has 4 N–H and O–H groups in total. The van der Waals surface area contributed by atoms with Gasteiger partial charge in [-0.1, -0.05) is 29.1 Å². The lowest BCUT2D eigenvalue weighted by molar-refractivity contribution is -0.150. The molecule has 1 saturated heterocycles. The van der Waals surface area contributed by atoms with Gasteiger partial charge in [-0.05, 0) is 12.1 Å². The number of carbonyl (C=O) groups is 3. The fourth-order valence-corrected chi connectivity index (χ4v) is 7.82. The molecule has 0 saturated carbocycles. The summed E-state index contributed by atoms with van der Waals surface area (Å²) >= 11 is 5.20. The summed E-state index contributed by atoms with van der Waals surface area (Å²) in [5.41, 5.74) is 6.47. The van der Waals surface area contributed by atoms with E-state index < -0.39 is 29.2 Å². The number of carbonyl (C=O) groups excluding carboxylic acids is 2. The molecular formula is C20H16N6O5S4. The number of fused-ring (bicyclic) bond motifs is 2. The summed E-state index contributed by atoms with van der Waals surface area (Å²) in [6.07, 6.45) is 0. The van der Waals surface area contributed by atoms with Crippen LogP contribution >= 0.6 is 46.2 Å². The van der Waals surface area contributed by atoms with Crippen LogP contribution in [-0.4, -0.2) is 67.7 Å². The summed E-state index contributed by atoms with van der Waals surface area (Å²) < 4.78 is 1.69. The number of anilines is 1. The SMILES string of the molecule is CO/N=C(\C(=O)NC1C(=O)N2C(C(=O)O)=C(Sc3nc4ccccc4s3)CS[C@@H]12)c1csc(N)n1. The van der Waals surface area contributed by atoms with E-state index in [-0.39, 0.29) is 22.2 Å². The number of nitrogens with one attached hydrogen (secondary N) is 1. The first-order valence-electron chi connectivity index (χ1n) is 9.95. The highest BCUT2D eigenvalue weighted by molar-refractivity contribution is 8.07. The van der Waals surface area contributed by atoms with Crippen LogP contribution in [-0.2, 0) is 19.2 Å². The zero-order chi connectivity index (χ0) is 24.7. The molecule has 5 rings (SSSR count). The summed E-state index contributed by atoms with van der Waals surface area (Å²) in [5, 5.41) is 17.5. The number of aliphatic carboxylic acids is 1. The number of β-lactam (4-membered cyclic amide) rings is 1. The maximum Gasteiger partial charge on any atom is 0.353 e. The van der Waals surface area contributed by atoms with E-state index >= 15 is 0 Å². The van der Waals surface area contributed by atoms with E-state index in [4.69, 9.17) is 10.6 Å². The second-order valence-corrected chi connectivity index (χ2v) is 11.5. The number of benzene rings is 1. The molecule has 0 spiro atoms. The third kappa shape index (κ3) is 4.35. The number of nitrogen functional groups attached to an aromatic ring is 1. The van der Waals surface area contributed by atoms with Crippen LogP contribution in [0.3, 0.4) is 0 Å². The van der Waals surface area contributed by atoms with Crippen molar-refractivity contribution >= 4 is 85.0 Å². The molecule has 180 valence electrons. The van der Waals surface area contributed by atoms with Crippen LogP contribution in [0, 0.1) is 0 Å². The number of rotatable bonds is 7. The summed E-state index contributed by atoms with van der Waals surface area (Å²) in [7, 11) is 1.28. The second kappa shape index (κ2) is 9.49. The van der Waals surface area contributed by atoms with Gasteiger partial charge in [0, 0.05) is 16.0 Å². The Labute approximate surface area is 214 Å². The molecular weight excluding hydrogens is 533 g/mol. The molecule has 0 radical (unpaired) electrons. The molecule has 1 fully saturated rings. The fourth-order valence-electron chi connectivity index (χ4n) is 3.57. The van der Waals surface area contributed by atoms with E-state index in [1.807, 2.05) is 24.3 Å². The Morgan fingerprint density at radius 3 is 2.83 bits per heavy atom. The first-order valence-corrected chi connectivity index (χ1v) is 13.5. The maximum absolute atomic E-state index is 13.0. The lowest BCUT2D eigenvalue weighted by Gasteiger charge is -2.49. The number of carboxylic acids is 1. The lowest BCUT2D eigenvalue weighted by atomic mass is 10.0. The van der Waals surface area contributed by atoms with Crippen LogP contribution in [0.2, 0.25) is 0 Å². The van der Waals surface area contributed by atoms with E-state index in [1.165, 1.54) is 46.9 Å². The Kier molecular flexibility index (Phi) is 6.39. The van der Waals surface area contributed by atoms with E-state index in [2.05, 4.69) is 20.4 Å². The zero-order valence-corrected chi connectivity index (χ0v) is 21.1. The highest BCUT2D eigenvalue weighted by atomic mass is 32.2.